The van der Waals surface area contributed by atoms with Crippen molar-refractivity contribution >= 4 is 39.3 Å². The van der Waals surface area contributed by atoms with Crippen LogP contribution in [0.3, 0.4) is 0 Å². The summed E-state index contributed by atoms with van der Waals surface area (Å²) in [4.78, 5) is 16.0. The second-order valence-electron chi connectivity index (χ2n) is 5.20. The van der Waals surface area contributed by atoms with Gasteiger partial charge in [-0.05, 0) is 40.2 Å². The molecular formula is C16H12BrClFN5O. The standard InChI is InChI=1S/C16H12BrClFN5O/c17-14-10(19)2-1-3-12(14)24-15(20)13(16(21)25)11(23-24)6-9-5-4-8(18)7-22-9/h1-5,7H,6,20H2,(H2,21,25). The highest BCUT2D eigenvalue weighted by atomic mass is 79.9. The van der Waals surface area contributed by atoms with E-state index in [2.05, 4.69) is 26.0 Å². The Balaban J connectivity index is 2.11. The van der Waals surface area contributed by atoms with Crippen LogP contribution in [-0.2, 0) is 6.42 Å². The number of anilines is 1. The zero-order chi connectivity index (χ0) is 18.1. The van der Waals surface area contributed by atoms with Gasteiger partial charge in [0.05, 0.1) is 20.9 Å². The molecule has 9 heteroatoms. The molecule has 0 radical (unpaired) electrons. The molecule has 0 bridgehead atoms. The molecule has 0 spiro atoms. The lowest BCUT2D eigenvalue weighted by Gasteiger charge is -2.07. The highest BCUT2D eigenvalue weighted by Crippen LogP contribution is 2.29. The normalized spacial score (nSPS) is 10.8. The summed E-state index contributed by atoms with van der Waals surface area (Å²) in [5.74, 6) is -1.17. The number of nitrogen functional groups attached to an aromatic ring is 1. The Labute approximate surface area is 155 Å². The van der Waals surface area contributed by atoms with E-state index in [9.17, 15) is 9.18 Å². The molecular weight excluding hydrogens is 413 g/mol. The van der Waals surface area contributed by atoms with Gasteiger partial charge >= 0.3 is 0 Å². The van der Waals surface area contributed by atoms with Crippen molar-refractivity contribution in [1.29, 1.82) is 0 Å². The first-order chi connectivity index (χ1) is 11.9. The summed E-state index contributed by atoms with van der Waals surface area (Å²) in [5, 5.41) is 4.84. The van der Waals surface area contributed by atoms with Crippen molar-refractivity contribution in [2.24, 2.45) is 5.73 Å². The molecule has 3 rings (SSSR count). The number of hydrogen-bond acceptors (Lipinski definition) is 4. The average molecular weight is 425 g/mol. The van der Waals surface area contributed by atoms with E-state index < -0.39 is 11.7 Å². The topological polar surface area (TPSA) is 99.8 Å². The second kappa shape index (κ2) is 6.81. The highest BCUT2D eigenvalue weighted by Gasteiger charge is 2.23. The van der Waals surface area contributed by atoms with Crippen molar-refractivity contribution < 1.29 is 9.18 Å². The van der Waals surface area contributed by atoms with Crippen molar-refractivity contribution in [2.75, 3.05) is 5.73 Å². The lowest BCUT2D eigenvalue weighted by atomic mass is 10.1. The molecule has 3 aromatic rings. The van der Waals surface area contributed by atoms with E-state index in [0.29, 0.717) is 22.1 Å². The van der Waals surface area contributed by atoms with Gasteiger partial charge in [-0.15, -0.1) is 0 Å². The summed E-state index contributed by atoms with van der Waals surface area (Å²) < 4.78 is 15.3. The number of carbonyl (C=O) groups excluding carboxylic acids is 1. The maximum Gasteiger partial charge on any atom is 0.254 e. The van der Waals surface area contributed by atoms with Crippen LogP contribution in [0.25, 0.3) is 5.69 Å². The summed E-state index contributed by atoms with van der Waals surface area (Å²) in [5.41, 5.74) is 12.9. The molecule has 0 saturated heterocycles. The molecule has 6 nitrogen and oxygen atoms in total. The van der Waals surface area contributed by atoms with E-state index in [0.717, 1.165) is 0 Å². The van der Waals surface area contributed by atoms with Crippen molar-refractivity contribution in [2.45, 2.75) is 6.42 Å². The molecule has 1 amide bonds. The van der Waals surface area contributed by atoms with Gasteiger partial charge in [-0.2, -0.15) is 5.10 Å². The van der Waals surface area contributed by atoms with Gasteiger partial charge in [-0.1, -0.05) is 17.7 Å². The number of aromatic nitrogens is 3. The first-order valence-electron chi connectivity index (χ1n) is 7.10. The highest BCUT2D eigenvalue weighted by molar-refractivity contribution is 9.10. The molecule has 25 heavy (non-hydrogen) atoms. The van der Waals surface area contributed by atoms with E-state index >= 15 is 0 Å². The Morgan fingerprint density at radius 3 is 2.72 bits per heavy atom. The Morgan fingerprint density at radius 2 is 2.08 bits per heavy atom. The predicted octanol–water partition coefficient (Wildman–Crippen LogP) is 3.09. The minimum Gasteiger partial charge on any atom is -0.383 e. The van der Waals surface area contributed by atoms with Crippen LogP contribution in [0.4, 0.5) is 10.2 Å². The van der Waals surface area contributed by atoms with Gasteiger partial charge in [0, 0.05) is 18.3 Å². The largest absolute Gasteiger partial charge is 0.383 e. The molecule has 0 aliphatic rings. The number of nitrogens with zero attached hydrogens (tertiary/aromatic N) is 3. The summed E-state index contributed by atoms with van der Waals surface area (Å²) in [6.07, 6.45) is 1.71. The molecule has 2 heterocycles. The third-order valence-corrected chi connectivity index (χ3v) is 4.55. The molecule has 0 aliphatic heterocycles. The Hall–Kier alpha value is -2.45. The third-order valence-electron chi connectivity index (χ3n) is 3.54. The van der Waals surface area contributed by atoms with Crippen molar-refractivity contribution in [1.82, 2.24) is 14.8 Å². The molecule has 0 unspecified atom stereocenters. The molecule has 2 aromatic heterocycles. The second-order valence-corrected chi connectivity index (χ2v) is 6.43. The van der Waals surface area contributed by atoms with E-state index in [1.165, 1.54) is 23.0 Å². The van der Waals surface area contributed by atoms with E-state index in [1.807, 2.05) is 0 Å². The zero-order valence-corrected chi connectivity index (χ0v) is 15.1. The fourth-order valence-corrected chi connectivity index (χ4v) is 2.94. The average Bonchev–Trinajstić information content (AvgIpc) is 2.88. The van der Waals surface area contributed by atoms with Gasteiger partial charge < -0.3 is 11.5 Å². The van der Waals surface area contributed by atoms with Gasteiger partial charge in [0.1, 0.15) is 17.2 Å². The quantitative estimate of drug-likeness (QED) is 0.672. The van der Waals surface area contributed by atoms with Crippen molar-refractivity contribution in [3.8, 4) is 5.69 Å². The Kier molecular flexibility index (Phi) is 4.73. The van der Waals surface area contributed by atoms with Crippen LogP contribution in [0.1, 0.15) is 21.7 Å². The third kappa shape index (κ3) is 3.35. The maximum absolute atomic E-state index is 13.8. The van der Waals surface area contributed by atoms with E-state index in [4.69, 9.17) is 23.1 Å². The minimum absolute atomic E-state index is 0.0303. The minimum atomic E-state index is -0.722. The molecule has 0 aliphatic carbocycles. The number of primary amides is 1. The van der Waals surface area contributed by atoms with Gasteiger partial charge in [0.15, 0.2) is 0 Å². The van der Waals surface area contributed by atoms with Crippen molar-refractivity contribution in [3.63, 3.8) is 0 Å². The van der Waals surface area contributed by atoms with Crippen LogP contribution in [0.15, 0.2) is 41.0 Å². The molecule has 4 N–H and O–H groups in total. The fraction of sp³-hybridized carbons (Fsp3) is 0.0625. The molecule has 128 valence electrons. The first kappa shape index (κ1) is 17.4. The van der Waals surface area contributed by atoms with Crippen LogP contribution in [0.2, 0.25) is 5.02 Å². The number of pyridine rings is 1. The molecule has 1 aromatic carbocycles. The number of amides is 1. The Morgan fingerprint density at radius 1 is 1.32 bits per heavy atom. The van der Waals surface area contributed by atoms with Gasteiger partial charge in [0.25, 0.3) is 5.91 Å². The number of rotatable bonds is 4. The summed E-state index contributed by atoms with van der Waals surface area (Å²) in [6.45, 7) is 0. The molecule has 0 atom stereocenters. The van der Waals surface area contributed by atoms with Gasteiger partial charge in [-0.25, -0.2) is 9.07 Å². The van der Waals surface area contributed by atoms with Gasteiger partial charge in [0.2, 0.25) is 0 Å². The number of nitrogens with two attached hydrogens (primary N) is 2. The molecule has 0 saturated carbocycles. The zero-order valence-electron chi connectivity index (χ0n) is 12.7. The number of benzene rings is 1. The van der Waals surface area contributed by atoms with Crippen LogP contribution < -0.4 is 11.5 Å². The van der Waals surface area contributed by atoms with Crippen LogP contribution in [0, 0.1) is 5.82 Å². The lowest BCUT2D eigenvalue weighted by molar-refractivity contribution is 0.100. The van der Waals surface area contributed by atoms with Crippen LogP contribution in [0.5, 0.6) is 0 Å². The molecule has 0 fully saturated rings. The Bertz CT molecular complexity index is 958. The summed E-state index contributed by atoms with van der Waals surface area (Å²) in [7, 11) is 0. The fourth-order valence-electron chi connectivity index (χ4n) is 2.39. The monoisotopic (exact) mass is 423 g/mol. The lowest BCUT2D eigenvalue weighted by Crippen LogP contribution is -2.15. The van der Waals surface area contributed by atoms with E-state index in [-0.39, 0.29) is 22.3 Å². The van der Waals surface area contributed by atoms with Crippen LogP contribution in [-0.4, -0.2) is 20.7 Å². The van der Waals surface area contributed by atoms with Crippen LogP contribution >= 0.6 is 27.5 Å². The maximum atomic E-state index is 13.8. The van der Waals surface area contributed by atoms with Crippen molar-refractivity contribution in [3.05, 3.63) is 68.8 Å². The van der Waals surface area contributed by atoms with E-state index in [1.54, 1.807) is 18.2 Å². The smallest absolute Gasteiger partial charge is 0.254 e. The predicted molar refractivity (Wildman–Crippen MR) is 96.2 cm³/mol. The SMILES string of the molecule is NC(=O)c1c(Cc2ccc(Cl)cn2)nn(-c2cccc(F)c2Br)c1N. The number of carbonyl (C=O) groups is 1. The summed E-state index contributed by atoms with van der Waals surface area (Å²) >= 11 is 8.98. The number of hydrogen-bond donors (Lipinski definition) is 2. The van der Waals surface area contributed by atoms with Gasteiger partial charge in [-0.3, -0.25) is 9.78 Å². The number of halogens is 3. The first-order valence-corrected chi connectivity index (χ1v) is 8.27. The summed E-state index contributed by atoms with van der Waals surface area (Å²) in [6, 6.07) is 7.81.